The van der Waals surface area contributed by atoms with E-state index in [4.69, 9.17) is 0 Å². The van der Waals surface area contributed by atoms with Crippen molar-refractivity contribution in [2.24, 2.45) is 0 Å². The van der Waals surface area contributed by atoms with Crippen LogP contribution in [0.1, 0.15) is 21.5 Å². The van der Waals surface area contributed by atoms with Crippen molar-refractivity contribution < 1.29 is 9.90 Å². The molecule has 0 saturated heterocycles. The summed E-state index contributed by atoms with van der Waals surface area (Å²) in [4.78, 5) is 24.2. The molecule has 2 aromatic carbocycles. The zero-order chi connectivity index (χ0) is 19.7. The molecule has 0 spiro atoms. The summed E-state index contributed by atoms with van der Waals surface area (Å²) in [5, 5.41) is 15.9. The third kappa shape index (κ3) is 3.46. The van der Waals surface area contributed by atoms with Crippen molar-refractivity contribution in [1.82, 2.24) is 9.78 Å². The number of carboxylic acid groups (broad SMARTS) is 1. The van der Waals surface area contributed by atoms with E-state index in [-0.39, 0.29) is 11.1 Å². The van der Waals surface area contributed by atoms with Crippen LogP contribution in [0.25, 0.3) is 18.5 Å². The fourth-order valence-corrected chi connectivity index (χ4v) is 3.20. The highest BCUT2D eigenvalue weighted by Gasteiger charge is 2.11. The number of nitrogens with zero attached hydrogens (tertiary/aromatic N) is 1. The molecule has 27 heavy (non-hydrogen) atoms. The molecule has 0 saturated carbocycles. The fourth-order valence-electron chi connectivity index (χ4n) is 2.77. The molecule has 0 bridgehead atoms. The second kappa shape index (κ2) is 7.28. The third-order valence-corrected chi connectivity index (χ3v) is 5.33. The normalized spacial score (nSPS) is 11.6. The van der Waals surface area contributed by atoms with Crippen LogP contribution in [0.4, 0.5) is 5.69 Å². The van der Waals surface area contributed by atoms with Crippen molar-refractivity contribution in [2.75, 3.05) is 5.32 Å². The average molecular weight is 428 g/mol. The molecule has 0 aliphatic rings. The number of aromatic carboxylic acids is 1. The lowest BCUT2D eigenvalue weighted by molar-refractivity contribution is 0.0698. The Balaban J connectivity index is 2.10. The monoisotopic (exact) mass is 427 g/mol. The number of carboxylic acids is 1. The van der Waals surface area contributed by atoms with Gasteiger partial charge in [-0.1, -0.05) is 34.6 Å². The Morgan fingerprint density at radius 2 is 1.93 bits per heavy atom. The van der Waals surface area contributed by atoms with Gasteiger partial charge in [0.15, 0.2) is 0 Å². The number of hydrogen-bond donors (Lipinski definition) is 3. The van der Waals surface area contributed by atoms with Gasteiger partial charge in [-0.25, -0.2) is 9.48 Å². The highest BCUT2D eigenvalue weighted by molar-refractivity contribution is 9.10. The van der Waals surface area contributed by atoms with E-state index in [0.717, 1.165) is 21.3 Å². The van der Waals surface area contributed by atoms with E-state index in [2.05, 4.69) is 32.9 Å². The van der Waals surface area contributed by atoms with Gasteiger partial charge in [-0.05, 0) is 49.2 Å². The van der Waals surface area contributed by atoms with Gasteiger partial charge >= 0.3 is 5.97 Å². The van der Waals surface area contributed by atoms with Crippen LogP contribution in [0, 0.1) is 13.8 Å². The lowest BCUT2D eigenvalue weighted by Crippen LogP contribution is -2.35. The summed E-state index contributed by atoms with van der Waals surface area (Å²) in [6.45, 7) is 7.81. The molecule has 3 aromatic rings. The number of halogens is 1. The van der Waals surface area contributed by atoms with Crippen molar-refractivity contribution in [3.63, 3.8) is 0 Å². The Kier molecular flexibility index (Phi) is 5.05. The number of hydrogen-bond acceptors (Lipinski definition) is 3. The Morgan fingerprint density at radius 3 is 2.63 bits per heavy atom. The second-order valence-electron chi connectivity index (χ2n) is 6.10. The van der Waals surface area contributed by atoms with E-state index in [9.17, 15) is 14.7 Å². The third-order valence-electron chi connectivity index (χ3n) is 4.47. The highest BCUT2D eigenvalue weighted by Crippen LogP contribution is 2.23. The second-order valence-corrected chi connectivity index (χ2v) is 6.95. The molecule has 1 aromatic heterocycles. The number of anilines is 1. The number of carbonyl (C=O) groups is 1. The predicted octanol–water partition coefficient (Wildman–Crippen LogP) is 2.50. The van der Waals surface area contributed by atoms with Gasteiger partial charge in [0, 0.05) is 10.7 Å². The van der Waals surface area contributed by atoms with Gasteiger partial charge in [-0.15, -0.1) is 0 Å². The first-order valence-electron chi connectivity index (χ1n) is 8.16. The van der Waals surface area contributed by atoms with E-state index < -0.39 is 5.97 Å². The van der Waals surface area contributed by atoms with Crippen LogP contribution >= 0.6 is 15.9 Å². The number of aromatic amines is 1. The van der Waals surface area contributed by atoms with Gasteiger partial charge in [0.25, 0.3) is 5.56 Å². The van der Waals surface area contributed by atoms with Crippen LogP contribution < -0.4 is 21.4 Å². The molecule has 0 atom stereocenters. The molecule has 6 nitrogen and oxygen atoms in total. The van der Waals surface area contributed by atoms with Crippen molar-refractivity contribution in [1.29, 1.82) is 0 Å². The Bertz CT molecular complexity index is 1210. The lowest BCUT2D eigenvalue weighted by atomic mass is 10.1. The first-order valence-corrected chi connectivity index (χ1v) is 8.95. The molecule has 1 heterocycles. The predicted molar refractivity (Wildman–Crippen MR) is 110 cm³/mol. The number of para-hydroxylation sites is 1. The molecule has 0 amide bonds. The molecule has 3 rings (SSSR count). The van der Waals surface area contributed by atoms with E-state index in [1.165, 1.54) is 16.9 Å². The van der Waals surface area contributed by atoms with Gasteiger partial charge in [0.2, 0.25) is 0 Å². The van der Waals surface area contributed by atoms with Crippen molar-refractivity contribution in [3.8, 4) is 5.69 Å². The van der Waals surface area contributed by atoms with Crippen LogP contribution in [0.15, 0.2) is 45.7 Å². The molecule has 0 unspecified atom stereocenters. The number of H-pyrrole nitrogens is 1. The summed E-state index contributed by atoms with van der Waals surface area (Å²) in [5.41, 5.74) is 2.98. The van der Waals surface area contributed by atoms with Crippen LogP contribution in [0.5, 0.6) is 0 Å². The number of aromatic nitrogens is 2. The largest absolute Gasteiger partial charge is 0.478 e. The standard InChI is InChI=1S/C20H18BrN3O3/c1-11-12(2)18(9-8-16(11)21)24-19(25)15(13(3)23-24)10-22-17-7-5-4-6-14(17)20(26)27/h4-10,22-23H,3H2,1-2H3,(H,26,27). The topological polar surface area (TPSA) is 87.1 Å². The van der Waals surface area contributed by atoms with Crippen LogP contribution in [0.2, 0.25) is 0 Å². The Hall–Kier alpha value is -3.06. The first kappa shape index (κ1) is 18.7. The quantitative estimate of drug-likeness (QED) is 0.596. The number of benzene rings is 2. The zero-order valence-electron chi connectivity index (χ0n) is 14.8. The molecule has 0 aliphatic heterocycles. The molecular weight excluding hydrogens is 410 g/mol. The van der Waals surface area contributed by atoms with Crippen LogP contribution in [-0.2, 0) is 0 Å². The molecular formula is C20H18BrN3O3. The minimum absolute atomic E-state index is 0.120. The molecule has 0 radical (unpaired) electrons. The van der Waals surface area contributed by atoms with Crippen molar-refractivity contribution in [2.45, 2.75) is 13.8 Å². The molecule has 0 aliphatic carbocycles. The summed E-state index contributed by atoms with van der Waals surface area (Å²) in [6.07, 6.45) is 1.47. The molecule has 0 fully saturated rings. The van der Waals surface area contributed by atoms with E-state index in [0.29, 0.717) is 16.3 Å². The summed E-state index contributed by atoms with van der Waals surface area (Å²) in [5.74, 6) is -1.05. The van der Waals surface area contributed by atoms with Crippen LogP contribution in [-0.4, -0.2) is 20.9 Å². The maximum atomic E-state index is 12.9. The summed E-state index contributed by atoms with van der Waals surface area (Å²) in [7, 11) is 0. The van der Waals surface area contributed by atoms with E-state index in [1.807, 2.05) is 26.0 Å². The zero-order valence-corrected chi connectivity index (χ0v) is 16.4. The van der Waals surface area contributed by atoms with Gasteiger partial charge in [0.1, 0.15) is 0 Å². The minimum atomic E-state index is -1.05. The molecule has 3 N–H and O–H groups in total. The van der Waals surface area contributed by atoms with Crippen molar-refractivity contribution in [3.05, 3.63) is 78.5 Å². The summed E-state index contributed by atoms with van der Waals surface area (Å²) >= 11 is 3.49. The highest BCUT2D eigenvalue weighted by atomic mass is 79.9. The van der Waals surface area contributed by atoms with Crippen LogP contribution in [0.3, 0.4) is 0 Å². The Morgan fingerprint density at radius 1 is 1.22 bits per heavy atom. The maximum absolute atomic E-state index is 12.9. The van der Waals surface area contributed by atoms with Gasteiger partial charge in [-0.2, -0.15) is 0 Å². The Labute approximate surface area is 163 Å². The average Bonchev–Trinajstić information content (AvgIpc) is 2.92. The minimum Gasteiger partial charge on any atom is -0.478 e. The van der Waals surface area contributed by atoms with E-state index >= 15 is 0 Å². The number of nitrogens with one attached hydrogen (secondary N) is 2. The van der Waals surface area contributed by atoms with Gasteiger partial charge < -0.3 is 10.4 Å². The fraction of sp³-hybridized carbons (Fsp3) is 0.100. The van der Waals surface area contributed by atoms with Gasteiger partial charge in [0.05, 0.1) is 27.5 Å². The SMILES string of the molecule is C=c1[nH]n(-c2ccc(Br)c(C)c2C)c(=O)c1=CNc1ccccc1C(=O)O. The first-order chi connectivity index (χ1) is 12.8. The van der Waals surface area contributed by atoms with Gasteiger partial charge in [-0.3, -0.25) is 9.89 Å². The summed E-state index contributed by atoms with van der Waals surface area (Å²) < 4.78 is 2.41. The maximum Gasteiger partial charge on any atom is 0.337 e. The smallest absolute Gasteiger partial charge is 0.337 e. The lowest BCUT2D eigenvalue weighted by Gasteiger charge is -2.10. The molecule has 7 heteroatoms. The van der Waals surface area contributed by atoms with E-state index in [1.54, 1.807) is 18.2 Å². The van der Waals surface area contributed by atoms with Crippen molar-refractivity contribution >= 4 is 40.4 Å². The molecule has 138 valence electrons. The summed E-state index contributed by atoms with van der Waals surface area (Å²) in [6, 6.07) is 10.2. The number of rotatable bonds is 4.